The summed E-state index contributed by atoms with van der Waals surface area (Å²) in [4.78, 5) is 24.8. The van der Waals surface area contributed by atoms with Crippen LogP contribution >= 0.6 is 0 Å². The van der Waals surface area contributed by atoms with E-state index in [1.54, 1.807) is 13.1 Å². The van der Waals surface area contributed by atoms with Gasteiger partial charge < -0.3 is 14.9 Å². The Morgan fingerprint density at radius 2 is 2.28 bits per heavy atom. The molecule has 0 atom stereocenters. The van der Waals surface area contributed by atoms with E-state index in [2.05, 4.69) is 4.98 Å². The molecule has 7 heteroatoms. The lowest BCUT2D eigenvalue weighted by atomic mass is 10.2. The number of carbonyl (C=O) groups excluding carboxylic acids is 1. The number of imidazole rings is 1. The van der Waals surface area contributed by atoms with Crippen LogP contribution in [-0.2, 0) is 16.1 Å². The van der Waals surface area contributed by atoms with Crippen LogP contribution in [0.15, 0.2) is 12.4 Å². The first-order valence-corrected chi connectivity index (χ1v) is 5.96. The number of aromatic nitrogens is 2. The fourth-order valence-electron chi connectivity index (χ4n) is 1.61. The molecule has 0 saturated carbocycles. The zero-order valence-electron chi connectivity index (χ0n) is 10.4. The van der Waals surface area contributed by atoms with Gasteiger partial charge in [0.05, 0.1) is 13.2 Å². The second-order valence-corrected chi connectivity index (χ2v) is 3.79. The summed E-state index contributed by atoms with van der Waals surface area (Å²) >= 11 is 0. The molecule has 18 heavy (non-hydrogen) atoms. The summed E-state index contributed by atoms with van der Waals surface area (Å²) in [6, 6.07) is 0. The minimum atomic E-state index is -0.501. The SMILES string of the molecule is CCOC(=O)CCCCCn1ccnc1[N+](=O)[O-]. The Kier molecular flexibility index (Phi) is 5.83. The first kappa shape index (κ1) is 14.1. The van der Waals surface area contributed by atoms with Gasteiger partial charge >= 0.3 is 11.9 Å². The van der Waals surface area contributed by atoms with Crippen molar-refractivity contribution in [3.63, 3.8) is 0 Å². The van der Waals surface area contributed by atoms with Gasteiger partial charge in [-0.05, 0) is 31.1 Å². The van der Waals surface area contributed by atoms with Crippen LogP contribution in [0.3, 0.4) is 0 Å². The maximum Gasteiger partial charge on any atom is 0.434 e. The third kappa shape index (κ3) is 4.52. The van der Waals surface area contributed by atoms with Crippen molar-refractivity contribution in [1.29, 1.82) is 0 Å². The minimum absolute atomic E-state index is 0.139. The van der Waals surface area contributed by atoms with Gasteiger partial charge in [0.15, 0.2) is 0 Å². The fourth-order valence-corrected chi connectivity index (χ4v) is 1.61. The molecular weight excluding hydrogens is 238 g/mol. The number of hydrogen-bond acceptors (Lipinski definition) is 5. The highest BCUT2D eigenvalue weighted by Gasteiger charge is 2.12. The molecule has 0 saturated heterocycles. The van der Waals surface area contributed by atoms with Gasteiger partial charge in [-0.1, -0.05) is 4.98 Å². The number of hydrogen-bond donors (Lipinski definition) is 0. The summed E-state index contributed by atoms with van der Waals surface area (Å²) < 4.78 is 6.31. The summed E-state index contributed by atoms with van der Waals surface area (Å²) in [7, 11) is 0. The van der Waals surface area contributed by atoms with Crippen LogP contribution in [0.5, 0.6) is 0 Å². The zero-order chi connectivity index (χ0) is 13.4. The van der Waals surface area contributed by atoms with Crippen LogP contribution in [-0.4, -0.2) is 27.1 Å². The number of ether oxygens (including phenoxy) is 1. The van der Waals surface area contributed by atoms with Gasteiger partial charge in [0.1, 0.15) is 12.4 Å². The van der Waals surface area contributed by atoms with Crippen molar-refractivity contribution in [3.05, 3.63) is 22.5 Å². The van der Waals surface area contributed by atoms with Gasteiger partial charge in [0.2, 0.25) is 0 Å². The zero-order valence-corrected chi connectivity index (χ0v) is 10.4. The molecule has 0 aromatic carbocycles. The van der Waals surface area contributed by atoms with Crippen LogP contribution in [0.25, 0.3) is 0 Å². The van der Waals surface area contributed by atoms with Crippen molar-refractivity contribution in [2.45, 2.75) is 39.2 Å². The van der Waals surface area contributed by atoms with Gasteiger partial charge in [-0.25, -0.2) is 4.57 Å². The molecule has 1 rings (SSSR count). The molecule has 0 radical (unpaired) electrons. The number of rotatable bonds is 8. The number of nitro groups is 1. The molecule has 0 amide bonds. The standard InChI is InChI=1S/C11H17N3O4/c1-2-18-10(15)6-4-3-5-8-13-9-7-12-11(13)14(16)17/h7,9H,2-6,8H2,1H3. The van der Waals surface area contributed by atoms with Crippen molar-refractivity contribution in [1.82, 2.24) is 9.55 Å². The highest BCUT2D eigenvalue weighted by molar-refractivity contribution is 5.69. The van der Waals surface area contributed by atoms with E-state index < -0.39 is 4.92 Å². The minimum Gasteiger partial charge on any atom is -0.466 e. The Morgan fingerprint density at radius 1 is 1.50 bits per heavy atom. The maximum atomic E-state index is 11.1. The molecule has 0 aliphatic rings. The van der Waals surface area contributed by atoms with Gasteiger partial charge in [0.25, 0.3) is 0 Å². The van der Waals surface area contributed by atoms with Crippen LogP contribution in [0.2, 0.25) is 0 Å². The fraction of sp³-hybridized carbons (Fsp3) is 0.636. The second-order valence-electron chi connectivity index (χ2n) is 3.79. The molecule has 0 aliphatic heterocycles. The Balaban J connectivity index is 2.20. The van der Waals surface area contributed by atoms with Gasteiger partial charge in [-0.15, -0.1) is 0 Å². The average Bonchev–Trinajstić information content (AvgIpc) is 2.77. The highest BCUT2D eigenvalue weighted by atomic mass is 16.6. The third-order valence-electron chi connectivity index (χ3n) is 2.44. The Bertz CT molecular complexity index is 403. The van der Waals surface area contributed by atoms with E-state index in [0.29, 0.717) is 19.6 Å². The number of carbonyl (C=O) groups is 1. The Hall–Kier alpha value is -1.92. The third-order valence-corrected chi connectivity index (χ3v) is 2.44. The van der Waals surface area contributed by atoms with E-state index in [0.717, 1.165) is 19.3 Å². The number of unbranched alkanes of at least 4 members (excludes halogenated alkanes) is 2. The smallest absolute Gasteiger partial charge is 0.434 e. The summed E-state index contributed by atoms with van der Waals surface area (Å²) in [5.74, 6) is -0.327. The average molecular weight is 255 g/mol. The topological polar surface area (TPSA) is 87.3 Å². The lowest BCUT2D eigenvalue weighted by Crippen LogP contribution is -2.05. The van der Waals surface area contributed by atoms with Crippen molar-refractivity contribution >= 4 is 11.9 Å². The van der Waals surface area contributed by atoms with Crippen molar-refractivity contribution in [2.24, 2.45) is 0 Å². The molecule has 7 nitrogen and oxygen atoms in total. The lowest BCUT2D eigenvalue weighted by Gasteiger charge is -2.02. The highest BCUT2D eigenvalue weighted by Crippen LogP contribution is 2.10. The number of nitrogens with zero attached hydrogens (tertiary/aromatic N) is 3. The second kappa shape index (κ2) is 7.41. The maximum absolute atomic E-state index is 11.1. The van der Waals surface area contributed by atoms with E-state index in [-0.39, 0.29) is 11.9 Å². The van der Waals surface area contributed by atoms with Crippen LogP contribution in [0, 0.1) is 10.1 Å². The first-order chi connectivity index (χ1) is 8.65. The molecule has 0 bridgehead atoms. The molecule has 1 aromatic rings. The molecular formula is C11H17N3O4. The largest absolute Gasteiger partial charge is 0.466 e. The van der Waals surface area contributed by atoms with Gasteiger partial charge in [-0.3, -0.25) is 4.79 Å². The predicted octanol–water partition coefficient (Wildman–Crippen LogP) is 1.91. The predicted molar refractivity (Wildman–Crippen MR) is 64.0 cm³/mol. The van der Waals surface area contributed by atoms with Crippen molar-refractivity contribution in [2.75, 3.05) is 6.61 Å². The van der Waals surface area contributed by atoms with Crippen molar-refractivity contribution in [3.8, 4) is 0 Å². The molecule has 1 aromatic heterocycles. The lowest BCUT2D eigenvalue weighted by molar-refractivity contribution is -0.396. The molecule has 0 spiro atoms. The number of esters is 1. The molecule has 0 aliphatic carbocycles. The molecule has 0 N–H and O–H groups in total. The summed E-state index contributed by atoms with van der Waals surface area (Å²) in [6.45, 7) is 2.72. The van der Waals surface area contributed by atoms with E-state index in [4.69, 9.17) is 4.74 Å². The Morgan fingerprint density at radius 3 is 2.94 bits per heavy atom. The normalized spacial score (nSPS) is 10.3. The molecule has 0 unspecified atom stereocenters. The molecule has 100 valence electrons. The summed E-state index contributed by atoms with van der Waals surface area (Å²) in [5.41, 5.74) is 0. The first-order valence-electron chi connectivity index (χ1n) is 5.96. The summed E-state index contributed by atoms with van der Waals surface area (Å²) in [6.07, 6.45) is 5.74. The quantitative estimate of drug-likeness (QED) is 0.306. The van der Waals surface area contributed by atoms with Crippen molar-refractivity contribution < 1.29 is 14.5 Å². The van der Waals surface area contributed by atoms with Crippen LogP contribution < -0.4 is 0 Å². The molecule has 1 heterocycles. The van der Waals surface area contributed by atoms with E-state index in [1.165, 1.54) is 10.8 Å². The van der Waals surface area contributed by atoms with E-state index in [1.807, 2.05) is 0 Å². The van der Waals surface area contributed by atoms with Crippen LogP contribution in [0.4, 0.5) is 5.95 Å². The summed E-state index contributed by atoms with van der Waals surface area (Å²) in [5, 5.41) is 10.6. The number of aryl methyl sites for hydroxylation is 1. The molecule has 0 fully saturated rings. The van der Waals surface area contributed by atoms with E-state index in [9.17, 15) is 14.9 Å². The van der Waals surface area contributed by atoms with Crippen LogP contribution in [0.1, 0.15) is 32.6 Å². The monoisotopic (exact) mass is 255 g/mol. The van der Waals surface area contributed by atoms with Gasteiger partial charge in [-0.2, -0.15) is 0 Å². The van der Waals surface area contributed by atoms with Gasteiger partial charge in [0, 0.05) is 6.42 Å². The Labute approximate surface area is 105 Å². The van der Waals surface area contributed by atoms with E-state index >= 15 is 0 Å².